The highest BCUT2D eigenvalue weighted by atomic mass is 32.1. The van der Waals surface area contributed by atoms with Gasteiger partial charge in [0.2, 0.25) is 0 Å². The molecule has 0 atom stereocenters. The summed E-state index contributed by atoms with van der Waals surface area (Å²) < 4.78 is 0. The van der Waals surface area contributed by atoms with Gasteiger partial charge in [0.05, 0.1) is 5.01 Å². The molecule has 1 amide bonds. The van der Waals surface area contributed by atoms with Gasteiger partial charge in [0.15, 0.2) is 0 Å². The van der Waals surface area contributed by atoms with Crippen LogP contribution in [0.25, 0.3) is 0 Å². The SMILES string of the molecule is NNc1ccc(C(=O)NCCc2nccs2)cc1. The van der Waals surface area contributed by atoms with Crippen molar-refractivity contribution < 1.29 is 4.79 Å². The van der Waals surface area contributed by atoms with Gasteiger partial charge in [-0.25, -0.2) is 4.98 Å². The van der Waals surface area contributed by atoms with Crippen LogP contribution >= 0.6 is 11.3 Å². The second kappa shape index (κ2) is 6.13. The van der Waals surface area contributed by atoms with Crippen molar-refractivity contribution in [2.75, 3.05) is 12.0 Å². The zero-order chi connectivity index (χ0) is 12.8. The van der Waals surface area contributed by atoms with Gasteiger partial charge in [-0.1, -0.05) is 0 Å². The van der Waals surface area contributed by atoms with Crippen LogP contribution in [0.3, 0.4) is 0 Å². The summed E-state index contributed by atoms with van der Waals surface area (Å²) in [4.78, 5) is 15.9. The van der Waals surface area contributed by atoms with E-state index in [1.165, 1.54) is 0 Å². The van der Waals surface area contributed by atoms with E-state index < -0.39 is 0 Å². The van der Waals surface area contributed by atoms with Crippen LogP contribution in [-0.4, -0.2) is 17.4 Å². The third-order valence-electron chi connectivity index (χ3n) is 2.42. The molecule has 0 saturated carbocycles. The number of amides is 1. The van der Waals surface area contributed by atoms with E-state index in [4.69, 9.17) is 5.84 Å². The molecule has 0 spiro atoms. The molecule has 2 rings (SSSR count). The first-order valence-electron chi connectivity index (χ1n) is 5.53. The molecule has 1 aromatic carbocycles. The maximum absolute atomic E-state index is 11.8. The predicted octanol–water partition coefficient (Wildman–Crippen LogP) is 1.40. The van der Waals surface area contributed by atoms with Gasteiger partial charge < -0.3 is 10.7 Å². The minimum atomic E-state index is -0.0878. The van der Waals surface area contributed by atoms with E-state index in [9.17, 15) is 4.79 Å². The lowest BCUT2D eigenvalue weighted by atomic mass is 10.2. The molecule has 0 saturated heterocycles. The Kier molecular flexibility index (Phi) is 4.27. The molecule has 0 aliphatic heterocycles. The summed E-state index contributed by atoms with van der Waals surface area (Å²) in [6, 6.07) is 6.98. The minimum absolute atomic E-state index is 0.0878. The van der Waals surface area contributed by atoms with Crippen molar-refractivity contribution in [3.8, 4) is 0 Å². The number of anilines is 1. The van der Waals surface area contributed by atoms with Crippen molar-refractivity contribution in [2.24, 2.45) is 5.84 Å². The highest BCUT2D eigenvalue weighted by Gasteiger charge is 2.04. The van der Waals surface area contributed by atoms with E-state index in [1.807, 2.05) is 5.38 Å². The highest BCUT2D eigenvalue weighted by molar-refractivity contribution is 7.09. The van der Waals surface area contributed by atoms with Crippen LogP contribution in [0.15, 0.2) is 35.8 Å². The Labute approximate surface area is 109 Å². The lowest BCUT2D eigenvalue weighted by Crippen LogP contribution is -2.25. The molecule has 1 aromatic heterocycles. The average Bonchev–Trinajstić information content (AvgIpc) is 2.92. The fourth-order valence-electron chi connectivity index (χ4n) is 1.48. The summed E-state index contributed by atoms with van der Waals surface area (Å²) in [7, 11) is 0. The molecular formula is C12H14N4OS. The van der Waals surface area contributed by atoms with Gasteiger partial charge in [-0.3, -0.25) is 10.6 Å². The number of hydrogen-bond acceptors (Lipinski definition) is 5. The monoisotopic (exact) mass is 262 g/mol. The van der Waals surface area contributed by atoms with Crippen molar-refractivity contribution in [1.82, 2.24) is 10.3 Å². The molecule has 2 aromatic rings. The Morgan fingerprint density at radius 3 is 2.72 bits per heavy atom. The number of carbonyl (C=O) groups excluding carboxylic acids is 1. The summed E-state index contributed by atoms with van der Waals surface area (Å²) in [6.07, 6.45) is 2.52. The quantitative estimate of drug-likeness (QED) is 0.562. The first kappa shape index (κ1) is 12.5. The molecule has 0 aliphatic rings. The van der Waals surface area contributed by atoms with Gasteiger partial charge in [0.1, 0.15) is 0 Å². The fourth-order valence-corrected chi connectivity index (χ4v) is 2.10. The Balaban J connectivity index is 1.83. The molecule has 6 heteroatoms. The van der Waals surface area contributed by atoms with Gasteiger partial charge in [0, 0.05) is 35.8 Å². The second-order valence-corrected chi connectivity index (χ2v) is 4.63. The number of benzene rings is 1. The Morgan fingerprint density at radius 1 is 1.33 bits per heavy atom. The third-order valence-corrected chi connectivity index (χ3v) is 3.26. The lowest BCUT2D eigenvalue weighted by molar-refractivity contribution is 0.0954. The van der Waals surface area contributed by atoms with E-state index in [0.717, 1.165) is 17.1 Å². The van der Waals surface area contributed by atoms with Crippen LogP contribution in [-0.2, 0) is 6.42 Å². The molecule has 18 heavy (non-hydrogen) atoms. The standard InChI is InChI=1S/C12H14N4OS/c13-16-10-3-1-9(2-4-10)12(17)15-6-5-11-14-7-8-18-11/h1-4,7-8,16H,5-6,13H2,(H,15,17). The normalized spacial score (nSPS) is 10.1. The van der Waals surface area contributed by atoms with Crippen molar-refractivity contribution >= 4 is 22.9 Å². The first-order chi connectivity index (χ1) is 8.79. The zero-order valence-corrected chi connectivity index (χ0v) is 10.5. The van der Waals surface area contributed by atoms with Gasteiger partial charge in [-0.05, 0) is 24.3 Å². The maximum atomic E-state index is 11.8. The van der Waals surface area contributed by atoms with Gasteiger partial charge in [0.25, 0.3) is 5.91 Å². The van der Waals surface area contributed by atoms with E-state index >= 15 is 0 Å². The van der Waals surface area contributed by atoms with E-state index in [-0.39, 0.29) is 5.91 Å². The van der Waals surface area contributed by atoms with E-state index in [2.05, 4.69) is 15.7 Å². The van der Waals surface area contributed by atoms with Crippen LogP contribution in [0.5, 0.6) is 0 Å². The number of nitrogens with one attached hydrogen (secondary N) is 2. The van der Waals surface area contributed by atoms with E-state index in [0.29, 0.717) is 12.1 Å². The third kappa shape index (κ3) is 3.28. The molecule has 5 nitrogen and oxygen atoms in total. The molecule has 1 heterocycles. The number of hydrazine groups is 1. The summed E-state index contributed by atoms with van der Waals surface area (Å²) in [6.45, 7) is 0.587. The van der Waals surface area contributed by atoms with E-state index in [1.54, 1.807) is 41.8 Å². The largest absolute Gasteiger partial charge is 0.352 e. The molecular weight excluding hydrogens is 248 g/mol. The number of nitrogen functional groups attached to an aromatic ring is 1. The van der Waals surface area contributed by atoms with Crippen LogP contribution < -0.4 is 16.6 Å². The number of thiazole rings is 1. The van der Waals surface area contributed by atoms with Crippen LogP contribution in [0.2, 0.25) is 0 Å². The van der Waals surface area contributed by atoms with Gasteiger partial charge in [-0.15, -0.1) is 11.3 Å². The summed E-state index contributed by atoms with van der Waals surface area (Å²) in [5, 5.41) is 5.80. The number of nitrogens with zero attached hydrogens (tertiary/aromatic N) is 1. The van der Waals surface area contributed by atoms with Crippen molar-refractivity contribution in [2.45, 2.75) is 6.42 Å². The fraction of sp³-hybridized carbons (Fsp3) is 0.167. The summed E-state index contributed by atoms with van der Waals surface area (Å²) in [5.41, 5.74) is 3.91. The molecule has 4 N–H and O–H groups in total. The molecule has 0 unspecified atom stereocenters. The Bertz CT molecular complexity index is 495. The number of hydrogen-bond donors (Lipinski definition) is 3. The number of carbonyl (C=O) groups is 1. The summed E-state index contributed by atoms with van der Waals surface area (Å²) in [5.74, 6) is 5.17. The smallest absolute Gasteiger partial charge is 0.251 e. The Morgan fingerprint density at radius 2 is 2.11 bits per heavy atom. The first-order valence-corrected chi connectivity index (χ1v) is 6.41. The Hall–Kier alpha value is -1.92. The molecule has 0 fully saturated rings. The molecule has 0 radical (unpaired) electrons. The van der Waals surface area contributed by atoms with Crippen LogP contribution in [0.4, 0.5) is 5.69 Å². The van der Waals surface area contributed by atoms with Crippen molar-refractivity contribution in [3.05, 3.63) is 46.4 Å². The van der Waals surface area contributed by atoms with Crippen molar-refractivity contribution in [1.29, 1.82) is 0 Å². The molecule has 0 aliphatic carbocycles. The lowest BCUT2D eigenvalue weighted by Gasteiger charge is -2.05. The average molecular weight is 262 g/mol. The molecule has 0 bridgehead atoms. The number of aromatic nitrogens is 1. The maximum Gasteiger partial charge on any atom is 0.251 e. The zero-order valence-electron chi connectivity index (χ0n) is 9.72. The second-order valence-electron chi connectivity index (χ2n) is 3.65. The number of nitrogens with two attached hydrogens (primary N) is 1. The topological polar surface area (TPSA) is 80.0 Å². The predicted molar refractivity (Wildman–Crippen MR) is 72.4 cm³/mol. The minimum Gasteiger partial charge on any atom is -0.352 e. The van der Waals surface area contributed by atoms with Gasteiger partial charge >= 0.3 is 0 Å². The highest BCUT2D eigenvalue weighted by Crippen LogP contribution is 2.08. The van der Waals surface area contributed by atoms with Crippen LogP contribution in [0.1, 0.15) is 15.4 Å². The number of rotatable bonds is 5. The van der Waals surface area contributed by atoms with Gasteiger partial charge in [-0.2, -0.15) is 0 Å². The summed E-state index contributed by atoms with van der Waals surface area (Å²) >= 11 is 1.59. The van der Waals surface area contributed by atoms with Crippen molar-refractivity contribution in [3.63, 3.8) is 0 Å². The van der Waals surface area contributed by atoms with Crippen LogP contribution in [0, 0.1) is 0 Å². The molecule has 94 valence electrons.